The quantitative estimate of drug-likeness (QED) is 0.794. The Bertz CT molecular complexity index is 576. The molecule has 1 fully saturated rings. The van der Waals surface area contributed by atoms with Gasteiger partial charge in [-0.3, -0.25) is 14.5 Å². The molecular formula is C15H24N6O2. The molecule has 0 saturated carbocycles. The molecule has 1 aromatic rings. The second-order valence-electron chi connectivity index (χ2n) is 6.66. The first-order chi connectivity index (χ1) is 10.8. The van der Waals surface area contributed by atoms with Crippen LogP contribution in [0, 0.1) is 0 Å². The number of anilines is 1. The van der Waals surface area contributed by atoms with Gasteiger partial charge in [-0.15, -0.1) is 0 Å². The molecule has 1 aliphatic rings. The Morgan fingerprint density at radius 2 is 1.78 bits per heavy atom. The van der Waals surface area contributed by atoms with Gasteiger partial charge in [0.15, 0.2) is 11.5 Å². The van der Waals surface area contributed by atoms with Crippen LogP contribution >= 0.6 is 0 Å². The molecule has 8 nitrogen and oxygen atoms in total. The summed E-state index contributed by atoms with van der Waals surface area (Å²) in [5, 5.41) is 2.94. The van der Waals surface area contributed by atoms with Crippen LogP contribution in [0.25, 0.3) is 0 Å². The number of carbonyl (C=O) groups excluding carboxylic acids is 2. The molecule has 2 heterocycles. The van der Waals surface area contributed by atoms with Crippen LogP contribution in [0.5, 0.6) is 0 Å². The maximum Gasteiger partial charge on any atom is 0.276 e. The van der Waals surface area contributed by atoms with E-state index in [1.807, 2.05) is 25.7 Å². The Labute approximate surface area is 136 Å². The predicted octanol–water partition coefficient (Wildman–Crippen LogP) is -0.269. The summed E-state index contributed by atoms with van der Waals surface area (Å²) in [6.45, 7) is 8.56. The zero-order valence-corrected chi connectivity index (χ0v) is 13.9. The first-order valence-corrected chi connectivity index (χ1v) is 7.65. The van der Waals surface area contributed by atoms with Crippen molar-refractivity contribution in [3.8, 4) is 0 Å². The van der Waals surface area contributed by atoms with Gasteiger partial charge in [0.25, 0.3) is 5.91 Å². The first kappa shape index (κ1) is 17.1. The highest BCUT2D eigenvalue weighted by Crippen LogP contribution is 2.10. The maximum atomic E-state index is 12.4. The molecule has 2 rings (SSSR count). The Morgan fingerprint density at radius 3 is 2.35 bits per heavy atom. The van der Waals surface area contributed by atoms with E-state index in [0.717, 1.165) is 0 Å². The summed E-state index contributed by atoms with van der Waals surface area (Å²) in [4.78, 5) is 35.9. The number of nitrogens with two attached hydrogens (primary N) is 1. The van der Waals surface area contributed by atoms with E-state index in [0.29, 0.717) is 32.7 Å². The standard InChI is InChI=1S/C15H24N6O2/c1-15(2,3)19-11(22)10-20-6-8-21(9-7-20)14(23)12-13(16)18-5-4-17-12/h4-5H,6-10H2,1-3H3,(H2,16,18)(H,19,22). The van der Waals surface area contributed by atoms with E-state index in [2.05, 4.69) is 15.3 Å². The maximum absolute atomic E-state index is 12.4. The lowest BCUT2D eigenvalue weighted by Crippen LogP contribution is -2.53. The van der Waals surface area contributed by atoms with Gasteiger partial charge < -0.3 is 16.0 Å². The van der Waals surface area contributed by atoms with Crippen molar-refractivity contribution in [1.82, 2.24) is 25.1 Å². The molecular weight excluding hydrogens is 296 g/mol. The smallest absolute Gasteiger partial charge is 0.276 e. The highest BCUT2D eigenvalue weighted by molar-refractivity contribution is 5.96. The van der Waals surface area contributed by atoms with Crippen molar-refractivity contribution in [3.05, 3.63) is 18.1 Å². The molecule has 0 atom stereocenters. The minimum atomic E-state index is -0.238. The van der Waals surface area contributed by atoms with Gasteiger partial charge in [0, 0.05) is 44.1 Å². The lowest BCUT2D eigenvalue weighted by Gasteiger charge is -2.34. The number of nitrogens with zero attached hydrogens (tertiary/aromatic N) is 4. The van der Waals surface area contributed by atoms with Gasteiger partial charge in [0.1, 0.15) is 0 Å². The first-order valence-electron chi connectivity index (χ1n) is 7.65. The summed E-state index contributed by atoms with van der Waals surface area (Å²) in [7, 11) is 0. The van der Waals surface area contributed by atoms with Crippen molar-refractivity contribution in [2.24, 2.45) is 0 Å². The van der Waals surface area contributed by atoms with Gasteiger partial charge in [0.2, 0.25) is 5.91 Å². The van der Waals surface area contributed by atoms with Crippen molar-refractivity contribution >= 4 is 17.6 Å². The Balaban J connectivity index is 1.85. The van der Waals surface area contributed by atoms with Crippen LogP contribution in [0.4, 0.5) is 5.82 Å². The van der Waals surface area contributed by atoms with Crippen LogP contribution in [0.15, 0.2) is 12.4 Å². The number of aromatic nitrogens is 2. The zero-order chi connectivity index (χ0) is 17.0. The van der Waals surface area contributed by atoms with Gasteiger partial charge in [-0.2, -0.15) is 0 Å². The summed E-state index contributed by atoms with van der Waals surface area (Å²) in [6, 6.07) is 0. The van der Waals surface area contributed by atoms with Crippen molar-refractivity contribution in [2.45, 2.75) is 26.3 Å². The largest absolute Gasteiger partial charge is 0.382 e. The molecule has 2 amide bonds. The fraction of sp³-hybridized carbons (Fsp3) is 0.600. The Hall–Kier alpha value is -2.22. The van der Waals surface area contributed by atoms with Gasteiger partial charge in [-0.05, 0) is 20.8 Å². The average molecular weight is 320 g/mol. The SMILES string of the molecule is CC(C)(C)NC(=O)CN1CCN(C(=O)c2nccnc2N)CC1. The highest BCUT2D eigenvalue weighted by Gasteiger charge is 2.26. The average Bonchev–Trinajstić information content (AvgIpc) is 2.46. The summed E-state index contributed by atoms with van der Waals surface area (Å²) >= 11 is 0. The Kier molecular flexibility index (Phi) is 5.15. The molecule has 0 radical (unpaired) electrons. The molecule has 0 bridgehead atoms. The van der Waals surface area contributed by atoms with Crippen molar-refractivity contribution in [1.29, 1.82) is 0 Å². The number of nitrogen functional groups attached to an aromatic ring is 1. The van der Waals surface area contributed by atoms with Crippen LogP contribution < -0.4 is 11.1 Å². The zero-order valence-electron chi connectivity index (χ0n) is 13.9. The van der Waals surface area contributed by atoms with E-state index in [9.17, 15) is 9.59 Å². The van der Waals surface area contributed by atoms with Gasteiger partial charge in [-0.1, -0.05) is 0 Å². The molecule has 0 aliphatic carbocycles. The van der Waals surface area contributed by atoms with Crippen LogP contribution in [-0.2, 0) is 4.79 Å². The van der Waals surface area contributed by atoms with E-state index < -0.39 is 0 Å². The molecule has 0 aromatic carbocycles. The number of piperazine rings is 1. The fourth-order valence-corrected chi connectivity index (χ4v) is 2.43. The monoisotopic (exact) mass is 320 g/mol. The lowest BCUT2D eigenvalue weighted by atomic mass is 10.1. The van der Waals surface area contributed by atoms with E-state index in [4.69, 9.17) is 5.73 Å². The summed E-state index contributed by atoms with van der Waals surface area (Å²) in [6.07, 6.45) is 2.91. The van der Waals surface area contributed by atoms with Crippen molar-refractivity contribution in [2.75, 3.05) is 38.5 Å². The molecule has 0 spiro atoms. The molecule has 23 heavy (non-hydrogen) atoms. The third-order valence-electron chi connectivity index (χ3n) is 3.47. The van der Waals surface area contributed by atoms with E-state index in [1.54, 1.807) is 4.90 Å². The summed E-state index contributed by atoms with van der Waals surface area (Å²) in [5.74, 6) is -0.0747. The van der Waals surface area contributed by atoms with Crippen LogP contribution in [0.3, 0.4) is 0 Å². The van der Waals surface area contributed by atoms with Crippen molar-refractivity contribution in [3.63, 3.8) is 0 Å². The predicted molar refractivity (Wildman–Crippen MR) is 86.7 cm³/mol. The number of rotatable bonds is 3. The topological polar surface area (TPSA) is 104 Å². The summed E-state index contributed by atoms with van der Waals surface area (Å²) in [5.41, 5.74) is 5.64. The summed E-state index contributed by atoms with van der Waals surface area (Å²) < 4.78 is 0. The fourth-order valence-electron chi connectivity index (χ4n) is 2.43. The van der Waals surface area contributed by atoms with Gasteiger partial charge in [-0.25, -0.2) is 9.97 Å². The second-order valence-corrected chi connectivity index (χ2v) is 6.66. The van der Waals surface area contributed by atoms with E-state index in [1.165, 1.54) is 12.4 Å². The van der Waals surface area contributed by atoms with Crippen molar-refractivity contribution < 1.29 is 9.59 Å². The van der Waals surface area contributed by atoms with Crippen LogP contribution in [0.1, 0.15) is 31.3 Å². The number of carbonyl (C=O) groups is 2. The number of hydrogen-bond acceptors (Lipinski definition) is 6. The van der Waals surface area contributed by atoms with E-state index >= 15 is 0 Å². The molecule has 8 heteroatoms. The Morgan fingerprint density at radius 1 is 1.17 bits per heavy atom. The minimum Gasteiger partial charge on any atom is -0.382 e. The second kappa shape index (κ2) is 6.91. The molecule has 1 saturated heterocycles. The number of nitrogens with one attached hydrogen (secondary N) is 1. The van der Waals surface area contributed by atoms with Crippen LogP contribution in [-0.4, -0.2) is 69.8 Å². The van der Waals surface area contributed by atoms with Crippen LogP contribution in [0.2, 0.25) is 0 Å². The number of amides is 2. The minimum absolute atomic E-state index is 0.00422. The molecule has 1 aromatic heterocycles. The van der Waals surface area contributed by atoms with Gasteiger partial charge in [0.05, 0.1) is 6.54 Å². The lowest BCUT2D eigenvalue weighted by molar-refractivity contribution is -0.124. The molecule has 126 valence electrons. The molecule has 1 aliphatic heterocycles. The number of hydrogen-bond donors (Lipinski definition) is 2. The molecule has 0 unspecified atom stereocenters. The molecule has 3 N–H and O–H groups in total. The van der Waals surface area contributed by atoms with Gasteiger partial charge >= 0.3 is 0 Å². The van der Waals surface area contributed by atoms with E-state index in [-0.39, 0.29) is 28.9 Å². The third kappa shape index (κ3) is 4.88. The highest BCUT2D eigenvalue weighted by atomic mass is 16.2. The third-order valence-corrected chi connectivity index (χ3v) is 3.47. The normalized spacial score (nSPS) is 16.2.